The van der Waals surface area contributed by atoms with Gasteiger partial charge in [-0.15, -0.1) is 0 Å². The van der Waals surface area contributed by atoms with Crippen molar-refractivity contribution in [3.63, 3.8) is 0 Å². The molecule has 0 radical (unpaired) electrons. The van der Waals surface area contributed by atoms with Gasteiger partial charge in [-0.3, -0.25) is 14.5 Å². The van der Waals surface area contributed by atoms with Gasteiger partial charge in [0.2, 0.25) is 0 Å². The van der Waals surface area contributed by atoms with E-state index in [1.807, 2.05) is 0 Å². The molecular weight excluding hydrogens is 340 g/mol. The van der Waals surface area contributed by atoms with E-state index in [9.17, 15) is 14.4 Å². The molecule has 1 fully saturated rings. The van der Waals surface area contributed by atoms with Crippen LogP contribution in [0.15, 0.2) is 18.2 Å². The lowest BCUT2D eigenvalue weighted by molar-refractivity contribution is -0.157. The third-order valence-electron chi connectivity index (χ3n) is 4.10. The number of carbonyl (C=O) groups is 3. The maximum atomic E-state index is 12.9. The largest absolute Gasteiger partial charge is 0.486 e. The van der Waals surface area contributed by atoms with Gasteiger partial charge >= 0.3 is 12.0 Å². The highest BCUT2D eigenvalue weighted by Gasteiger charge is 2.50. The minimum Gasteiger partial charge on any atom is -0.486 e. The van der Waals surface area contributed by atoms with Crippen LogP contribution in [0.4, 0.5) is 4.79 Å². The van der Waals surface area contributed by atoms with E-state index in [-0.39, 0.29) is 0 Å². The third kappa shape index (κ3) is 3.31. The average molecular weight is 362 g/mol. The Morgan fingerprint density at radius 3 is 2.54 bits per heavy atom. The molecule has 1 aromatic rings. The summed E-state index contributed by atoms with van der Waals surface area (Å²) in [6.07, 6.45) is 0. The fourth-order valence-electron chi connectivity index (χ4n) is 2.89. The van der Waals surface area contributed by atoms with Gasteiger partial charge < -0.3 is 19.5 Å². The molecule has 140 valence electrons. The smallest absolute Gasteiger partial charge is 0.326 e. The number of esters is 1. The Bertz CT molecular complexity index is 769. The van der Waals surface area contributed by atoms with Gasteiger partial charge in [0.15, 0.2) is 11.5 Å². The molecule has 2 aliphatic heterocycles. The van der Waals surface area contributed by atoms with Crippen molar-refractivity contribution in [2.45, 2.75) is 38.8 Å². The summed E-state index contributed by atoms with van der Waals surface area (Å²) < 4.78 is 16.2. The Morgan fingerprint density at radius 1 is 1.23 bits per heavy atom. The van der Waals surface area contributed by atoms with Crippen LogP contribution in [0.25, 0.3) is 0 Å². The van der Waals surface area contributed by atoms with Gasteiger partial charge in [0.05, 0.1) is 0 Å². The zero-order valence-corrected chi connectivity index (χ0v) is 15.3. The average Bonchev–Trinajstić information content (AvgIpc) is 2.77. The topological polar surface area (TPSA) is 94.2 Å². The number of amides is 3. The molecule has 3 rings (SSSR count). The summed E-state index contributed by atoms with van der Waals surface area (Å²) in [5.41, 5.74) is -1.45. The highest BCUT2D eigenvalue weighted by molar-refractivity contribution is 6.08. The number of urea groups is 1. The lowest BCUT2D eigenvalue weighted by atomic mass is 9.91. The Hall–Kier alpha value is -2.77. The molecule has 3 amide bonds. The van der Waals surface area contributed by atoms with Crippen LogP contribution in [0, 0.1) is 0 Å². The number of fused-ring (bicyclic) bond motifs is 1. The summed E-state index contributed by atoms with van der Waals surface area (Å²) in [6.45, 7) is 7.18. The van der Waals surface area contributed by atoms with Crippen LogP contribution < -0.4 is 14.8 Å². The molecule has 8 nitrogen and oxygen atoms in total. The standard InChI is InChI=1S/C18H22N2O6/c1-17(2,3)26-14(21)10-20-15(22)18(4,19-16(20)23)11-5-6-12-13(9-11)25-8-7-24-12/h5-6,9H,7-8,10H2,1-4H3,(H,19,23)/t18-/m1/s1. The van der Waals surface area contributed by atoms with Crippen LogP contribution in [0.1, 0.15) is 33.3 Å². The molecule has 8 heteroatoms. The predicted octanol–water partition coefficient (Wildman–Crippen LogP) is 1.57. The molecule has 26 heavy (non-hydrogen) atoms. The maximum absolute atomic E-state index is 12.9. The van der Waals surface area contributed by atoms with E-state index in [4.69, 9.17) is 14.2 Å². The van der Waals surface area contributed by atoms with Crippen molar-refractivity contribution < 1.29 is 28.6 Å². The second-order valence-corrected chi connectivity index (χ2v) is 7.39. The van der Waals surface area contributed by atoms with Crippen molar-refractivity contribution >= 4 is 17.9 Å². The van der Waals surface area contributed by atoms with E-state index in [0.717, 1.165) is 4.90 Å². The fourth-order valence-corrected chi connectivity index (χ4v) is 2.89. The molecule has 0 aromatic heterocycles. The summed E-state index contributed by atoms with van der Waals surface area (Å²) >= 11 is 0. The van der Waals surface area contributed by atoms with Gasteiger partial charge in [-0.25, -0.2) is 4.79 Å². The van der Waals surface area contributed by atoms with Crippen molar-refractivity contribution in [3.8, 4) is 11.5 Å². The Morgan fingerprint density at radius 2 is 1.88 bits per heavy atom. The predicted molar refractivity (Wildman–Crippen MR) is 90.9 cm³/mol. The molecule has 2 aliphatic rings. The molecule has 1 aromatic carbocycles. The summed E-state index contributed by atoms with van der Waals surface area (Å²) in [7, 11) is 0. The lowest BCUT2D eigenvalue weighted by Gasteiger charge is -2.25. The summed E-state index contributed by atoms with van der Waals surface area (Å²) in [5.74, 6) is -0.0638. The van der Waals surface area contributed by atoms with Crippen LogP contribution in [0.2, 0.25) is 0 Å². The maximum Gasteiger partial charge on any atom is 0.326 e. The van der Waals surface area contributed by atoms with E-state index in [1.54, 1.807) is 45.9 Å². The molecule has 0 bridgehead atoms. The summed E-state index contributed by atoms with van der Waals surface area (Å²) in [4.78, 5) is 38.0. The number of nitrogens with zero attached hydrogens (tertiary/aromatic N) is 1. The minimum absolute atomic E-state index is 0.415. The van der Waals surface area contributed by atoms with Gasteiger partial charge in [0, 0.05) is 0 Å². The van der Waals surface area contributed by atoms with Crippen LogP contribution >= 0.6 is 0 Å². The number of hydrogen-bond donors (Lipinski definition) is 1. The number of rotatable bonds is 3. The highest BCUT2D eigenvalue weighted by Crippen LogP contribution is 2.36. The molecule has 1 saturated heterocycles. The van der Waals surface area contributed by atoms with E-state index in [2.05, 4.69) is 5.32 Å². The van der Waals surface area contributed by atoms with Crippen molar-refractivity contribution in [2.75, 3.05) is 19.8 Å². The van der Waals surface area contributed by atoms with Crippen molar-refractivity contribution in [3.05, 3.63) is 23.8 Å². The molecule has 2 heterocycles. The van der Waals surface area contributed by atoms with Crippen LogP contribution in [-0.2, 0) is 19.9 Å². The lowest BCUT2D eigenvalue weighted by Crippen LogP contribution is -2.42. The van der Waals surface area contributed by atoms with E-state index in [0.29, 0.717) is 30.3 Å². The zero-order chi connectivity index (χ0) is 19.1. The first kappa shape index (κ1) is 18.0. The Balaban J connectivity index is 1.82. The molecule has 1 N–H and O–H groups in total. The summed E-state index contributed by atoms with van der Waals surface area (Å²) in [5, 5.41) is 2.65. The van der Waals surface area contributed by atoms with Crippen LogP contribution in [-0.4, -0.2) is 48.2 Å². The number of carbonyl (C=O) groups excluding carboxylic acids is 3. The van der Waals surface area contributed by atoms with Crippen molar-refractivity contribution in [1.82, 2.24) is 10.2 Å². The van der Waals surface area contributed by atoms with Crippen LogP contribution in [0.3, 0.4) is 0 Å². The van der Waals surface area contributed by atoms with E-state index >= 15 is 0 Å². The highest BCUT2D eigenvalue weighted by atomic mass is 16.6. The van der Waals surface area contributed by atoms with Gasteiger partial charge in [0.1, 0.15) is 30.9 Å². The SMILES string of the molecule is CC(C)(C)OC(=O)CN1C(=O)N[C@](C)(c2ccc3c(c2)OCCO3)C1=O. The van der Waals surface area contributed by atoms with Gasteiger partial charge in [0.25, 0.3) is 5.91 Å². The molecule has 0 unspecified atom stereocenters. The first-order valence-electron chi connectivity index (χ1n) is 8.36. The number of imide groups is 1. The minimum atomic E-state index is -1.30. The summed E-state index contributed by atoms with van der Waals surface area (Å²) in [6, 6.07) is 4.43. The molecular formula is C18H22N2O6. The Labute approximate surface area is 151 Å². The van der Waals surface area contributed by atoms with Gasteiger partial charge in [-0.05, 0) is 45.4 Å². The second-order valence-electron chi connectivity index (χ2n) is 7.39. The number of hydrogen-bond acceptors (Lipinski definition) is 6. The normalized spacial score (nSPS) is 22.2. The Kier molecular flexibility index (Phi) is 4.29. The molecule has 0 spiro atoms. The molecule has 0 aliphatic carbocycles. The molecule has 1 atom stereocenters. The van der Waals surface area contributed by atoms with Crippen molar-refractivity contribution in [2.24, 2.45) is 0 Å². The first-order valence-corrected chi connectivity index (χ1v) is 8.36. The number of ether oxygens (including phenoxy) is 3. The van der Waals surface area contributed by atoms with Gasteiger partial charge in [-0.1, -0.05) is 6.07 Å². The van der Waals surface area contributed by atoms with E-state index in [1.165, 1.54) is 0 Å². The first-order chi connectivity index (χ1) is 12.1. The van der Waals surface area contributed by atoms with Crippen molar-refractivity contribution in [1.29, 1.82) is 0 Å². The fraction of sp³-hybridized carbons (Fsp3) is 0.500. The third-order valence-corrected chi connectivity index (χ3v) is 4.10. The molecule has 0 saturated carbocycles. The second kappa shape index (κ2) is 6.19. The van der Waals surface area contributed by atoms with Gasteiger partial charge in [-0.2, -0.15) is 0 Å². The van der Waals surface area contributed by atoms with E-state index < -0.39 is 35.6 Å². The number of benzene rings is 1. The quantitative estimate of drug-likeness (QED) is 0.648. The number of nitrogens with one attached hydrogen (secondary N) is 1. The zero-order valence-electron chi connectivity index (χ0n) is 15.3. The monoisotopic (exact) mass is 362 g/mol. The van der Waals surface area contributed by atoms with Crippen LogP contribution in [0.5, 0.6) is 11.5 Å².